The number of primary amides is 2. The van der Waals surface area contributed by atoms with Crippen LogP contribution in [0.4, 0.5) is 0 Å². The number of guanidine groups is 1. The zero-order valence-corrected chi connectivity index (χ0v) is 47.2. The van der Waals surface area contributed by atoms with Crippen molar-refractivity contribution in [3.05, 3.63) is 36.0 Å². The molecule has 1 aromatic heterocycles. The molecule has 462 valence electrons. The lowest BCUT2D eigenvalue weighted by atomic mass is 9.95. The lowest BCUT2D eigenvalue weighted by Gasteiger charge is -2.29. The van der Waals surface area contributed by atoms with Gasteiger partial charge in [0.15, 0.2) is 5.96 Å². The summed E-state index contributed by atoms with van der Waals surface area (Å²) >= 11 is 0. The number of hydrogen-bond acceptors (Lipinski definition) is 17. The van der Waals surface area contributed by atoms with Crippen molar-refractivity contribution in [2.45, 2.75) is 159 Å². The molecule has 0 spiro atoms. The normalized spacial score (nSPS) is 15.8. The van der Waals surface area contributed by atoms with E-state index in [1.807, 2.05) is 0 Å². The van der Waals surface area contributed by atoms with E-state index in [0.29, 0.717) is 29.3 Å². The first-order chi connectivity index (χ1) is 39.0. The third-order valence-electron chi connectivity index (χ3n) is 13.3. The molecule has 0 saturated carbocycles. The maximum Gasteiger partial charge on any atom is 0.326 e. The van der Waals surface area contributed by atoms with Crippen LogP contribution in [0.15, 0.2) is 35.5 Å². The van der Waals surface area contributed by atoms with Gasteiger partial charge in [-0.2, -0.15) is 0 Å². The van der Waals surface area contributed by atoms with Gasteiger partial charge in [-0.3, -0.25) is 57.7 Å². The van der Waals surface area contributed by atoms with Gasteiger partial charge in [0, 0.05) is 36.5 Å². The highest BCUT2D eigenvalue weighted by atomic mass is 16.4. The van der Waals surface area contributed by atoms with Crippen molar-refractivity contribution < 1.29 is 78.0 Å². The topological polar surface area (TPSA) is 552 Å². The summed E-state index contributed by atoms with van der Waals surface area (Å²) in [6, 6.07) is -9.26. The molecular formula is C51H82N16O16. The fourth-order valence-electron chi connectivity index (χ4n) is 8.05. The van der Waals surface area contributed by atoms with Crippen molar-refractivity contribution in [2.75, 3.05) is 19.8 Å². The molecule has 32 heteroatoms. The molecule has 1 aromatic carbocycles. The van der Waals surface area contributed by atoms with Crippen LogP contribution in [0.3, 0.4) is 0 Å². The van der Waals surface area contributed by atoms with Gasteiger partial charge in [0.05, 0.1) is 31.8 Å². The summed E-state index contributed by atoms with van der Waals surface area (Å²) in [4.78, 5) is 166. The number of rotatable bonds is 37. The van der Waals surface area contributed by atoms with E-state index >= 15 is 0 Å². The zero-order chi connectivity index (χ0) is 62.8. The van der Waals surface area contributed by atoms with Gasteiger partial charge in [0.25, 0.3) is 0 Å². The van der Waals surface area contributed by atoms with Gasteiger partial charge in [-0.1, -0.05) is 58.7 Å². The summed E-state index contributed by atoms with van der Waals surface area (Å²) in [7, 11) is 0. The molecule has 1 heterocycles. The summed E-state index contributed by atoms with van der Waals surface area (Å²) in [5, 5.41) is 62.8. The number of aromatic nitrogens is 1. The van der Waals surface area contributed by atoms with Gasteiger partial charge >= 0.3 is 5.97 Å². The number of carbonyl (C=O) groups is 12. The number of benzene rings is 1. The minimum absolute atomic E-state index is 0.00391. The summed E-state index contributed by atoms with van der Waals surface area (Å²) in [6.45, 7) is 6.75. The highest BCUT2D eigenvalue weighted by Gasteiger charge is 2.38. The molecule has 0 aliphatic carbocycles. The van der Waals surface area contributed by atoms with Crippen LogP contribution in [0.5, 0.6) is 0 Å². The zero-order valence-electron chi connectivity index (χ0n) is 47.2. The van der Waals surface area contributed by atoms with Gasteiger partial charge in [0.1, 0.15) is 54.4 Å². The van der Waals surface area contributed by atoms with E-state index in [1.165, 1.54) is 13.1 Å². The molecule has 0 aliphatic rings. The Morgan fingerprint density at radius 1 is 0.554 bits per heavy atom. The molecule has 0 saturated heterocycles. The van der Waals surface area contributed by atoms with Crippen molar-refractivity contribution in [2.24, 2.45) is 45.5 Å². The molecule has 2 aromatic rings. The number of aromatic amines is 1. The van der Waals surface area contributed by atoms with Crippen molar-refractivity contribution in [1.29, 1.82) is 0 Å². The number of aliphatic imine (C=N–C) groups is 1. The molecule has 24 N–H and O–H groups in total. The Morgan fingerprint density at radius 3 is 1.53 bits per heavy atom. The Hall–Kier alpha value is -8.49. The number of para-hydroxylation sites is 1. The molecule has 11 amide bonds. The number of aliphatic hydroxyl groups excluding tert-OH is 3. The summed E-state index contributed by atoms with van der Waals surface area (Å²) in [5.41, 5.74) is 28.3. The molecule has 13 atom stereocenters. The molecule has 0 radical (unpaired) electrons. The Bertz CT molecular complexity index is 2630. The monoisotopic (exact) mass is 1170 g/mol. The number of aliphatic carboxylic acids is 1. The van der Waals surface area contributed by atoms with Crippen LogP contribution in [0, 0.1) is 11.8 Å². The molecule has 0 unspecified atom stereocenters. The quantitative estimate of drug-likeness (QED) is 0.0170. The van der Waals surface area contributed by atoms with Crippen LogP contribution in [0.2, 0.25) is 0 Å². The van der Waals surface area contributed by atoms with Crippen LogP contribution in [0.25, 0.3) is 10.9 Å². The number of nitrogens with two attached hydrogens (primary N) is 5. The number of fused-ring (bicyclic) bond motifs is 1. The first kappa shape index (κ1) is 70.6. The fraction of sp³-hybridized carbons (Fsp3) is 0.588. The van der Waals surface area contributed by atoms with Crippen LogP contribution >= 0.6 is 0 Å². The number of hydrogen-bond donors (Lipinski definition) is 19. The highest BCUT2D eigenvalue weighted by molar-refractivity contribution is 6.00. The van der Waals surface area contributed by atoms with Gasteiger partial charge in [-0.05, 0) is 56.6 Å². The minimum atomic E-state index is -1.95. The molecular weight excluding hydrogens is 1090 g/mol. The number of nitrogens with zero attached hydrogens (tertiary/aromatic N) is 1. The van der Waals surface area contributed by atoms with E-state index in [0.717, 1.165) is 6.92 Å². The lowest BCUT2D eigenvalue weighted by Crippen LogP contribution is -2.63. The van der Waals surface area contributed by atoms with Crippen molar-refractivity contribution >= 4 is 87.8 Å². The maximum atomic E-state index is 14.6. The summed E-state index contributed by atoms with van der Waals surface area (Å²) < 4.78 is 0. The molecule has 0 aliphatic heterocycles. The molecule has 2 rings (SSSR count). The van der Waals surface area contributed by atoms with Crippen LogP contribution in [-0.4, -0.2) is 189 Å². The highest BCUT2D eigenvalue weighted by Crippen LogP contribution is 2.20. The standard InChI is InChI=1S/C51H82N16O16/c1-7-23(3)38(48(80)66-39(50(82)83)24(4)8-2)65-47(79)35(22-69)64-49(81)40(26(6)70)67-43(75)31(15-16-36(53)71)60-44(76)32(18-27-20-58-29-13-10-9-12-28(27)29)62-42(74)30(14-11-17-57-51(55)56)59-46(78)34(21-68)63-45(77)33(19-37(54)72)61-41(73)25(5)52/h9-10,12-13,20,23-26,30-35,38-40,58,68-70H,7-8,11,14-19,21-22,52H2,1-6H3,(H2,53,71)(H2,54,72)(H,59,78)(H,60,76)(H,61,73)(H,62,74)(H,63,77)(H,64,81)(H,65,79)(H,66,80)(H,67,75)(H,82,83)(H4,55,56,57)/t23-,24-,25-,26+,30-,31-,32-,33-,34-,35-,38-,39-,40-/m0/s1. The maximum absolute atomic E-state index is 14.6. The number of H-pyrrole nitrogens is 1. The average Bonchev–Trinajstić information content (AvgIpc) is 3.90. The van der Waals surface area contributed by atoms with Crippen molar-refractivity contribution in [3.63, 3.8) is 0 Å². The second-order valence-corrected chi connectivity index (χ2v) is 20.0. The third-order valence-corrected chi connectivity index (χ3v) is 13.3. The van der Waals surface area contributed by atoms with Gasteiger partial charge in [-0.15, -0.1) is 0 Å². The third kappa shape index (κ3) is 23.1. The minimum Gasteiger partial charge on any atom is -0.480 e. The molecule has 0 bridgehead atoms. The fourth-order valence-corrected chi connectivity index (χ4v) is 8.05. The smallest absolute Gasteiger partial charge is 0.326 e. The number of carboxylic acids is 1. The molecule has 32 nitrogen and oxygen atoms in total. The van der Waals surface area contributed by atoms with E-state index in [4.69, 9.17) is 28.7 Å². The first-order valence-electron chi connectivity index (χ1n) is 26.8. The van der Waals surface area contributed by atoms with Crippen LogP contribution < -0.4 is 76.5 Å². The van der Waals surface area contributed by atoms with E-state index < -0.39 is 182 Å². The predicted octanol–water partition coefficient (Wildman–Crippen LogP) is -6.84. The Morgan fingerprint density at radius 2 is 1.00 bits per heavy atom. The molecule has 83 heavy (non-hydrogen) atoms. The summed E-state index contributed by atoms with van der Waals surface area (Å²) in [5.74, 6) is -14.4. The largest absolute Gasteiger partial charge is 0.480 e. The SMILES string of the molecule is CC[C@H](C)[C@H](NC(=O)[C@@H](NC(=O)[C@H](CO)NC(=O)[C@@H](NC(=O)[C@H](CCC(N)=O)NC(=O)[C@H](Cc1c[nH]c2ccccc12)NC(=O)[C@H](CCCN=C(N)N)NC(=O)[C@H](CO)NC(=O)[C@H](CC(N)=O)NC(=O)[C@H](C)N)[C@@H](C)O)[C@@H](C)CC)C(=O)O. The number of aliphatic hydroxyl groups is 3. The second kappa shape index (κ2) is 34.7. The van der Waals surface area contributed by atoms with Crippen molar-refractivity contribution in [1.82, 2.24) is 52.8 Å². The van der Waals surface area contributed by atoms with Crippen LogP contribution in [0.1, 0.15) is 92.1 Å². The number of amides is 11. The van der Waals surface area contributed by atoms with E-state index in [9.17, 15) is 78.0 Å². The average molecular weight is 1180 g/mol. The summed E-state index contributed by atoms with van der Waals surface area (Å²) in [6.07, 6.45) is -1.95. The predicted molar refractivity (Wildman–Crippen MR) is 298 cm³/mol. The number of carboxylic acid groups (broad SMARTS) is 1. The first-order valence-corrected chi connectivity index (χ1v) is 26.8. The van der Waals surface area contributed by atoms with Gasteiger partial charge in [-0.25, -0.2) is 4.79 Å². The van der Waals surface area contributed by atoms with Gasteiger partial charge < -0.3 is 102 Å². The number of nitrogens with one attached hydrogen (secondary N) is 10. The molecule has 0 fully saturated rings. The van der Waals surface area contributed by atoms with E-state index in [1.54, 1.807) is 52.0 Å². The van der Waals surface area contributed by atoms with Gasteiger partial charge in [0.2, 0.25) is 65.0 Å². The lowest BCUT2D eigenvalue weighted by molar-refractivity contribution is -0.144. The Labute approximate surface area is 478 Å². The Kier molecular flexibility index (Phi) is 29.5. The van der Waals surface area contributed by atoms with Crippen LogP contribution in [-0.2, 0) is 64.0 Å². The second-order valence-electron chi connectivity index (χ2n) is 20.0. The Balaban J connectivity index is 2.55. The number of carbonyl (C=O) groups excluding carboxylic acids is 11. The van der Waals surface area contributed by atoms with Crippen molar-refractivity contribution in [3.8, 4) is 0 Å². The van der Waals surface area contributed by atoms with E-state index in [-0.39, 0.29) is 31.8 Å². The van der Waals surface area contributed by atoms with E-state index in [2.05, 4.69) is 57.8 Å².